The predicted molar refractivity (Wildman–Crippen MR) is 121 cm³/mol. The maximum atomic E-state index is 12.8. The number of piperidine rings is 1. The molecule has 2 aromatic carbocycles. The van der Waals surface area contributed by atoms with Crippen LogP contribution in [-0.2, 0) is 22.2 Å². The van der Waals surface area contributed by atoms with E-state index in [1.807, 2.05) is 36.5 Å². The lowest BCUT2D eigenvalue weighted by Crippen LogP contribution is -2.38. The van der Waals surface area contributed by atoms with Crippen molar-refractivity contribution in [2.75, 3.05) is 13.1 Å². The van der Waals surface area contributed by atoms with Crippen LogP contribution in [0.4, 0.5) is 0 Å². The summed E-state index contributed by atoms with van der Waals surface area (Å²) in [5, 5.41) is 0.496. The molecule has 1 aliphatic rings. The zero-order valence-electron chi connectivity index (χ0n) is 16.7. The van der Waals surface area contributed by atoms with Crippen molar-refractivity contribution in [1.29, 1.82) is 0 Å². The Morgan fingerprint density at radius 1 is 0.900 bits per heavy atom. The van der Waals surface area contributed by atoms with Crippen LogP contribution >= 0.6 is 11.6 Å². The Bertz CT molecular complexity index is 1080. The van der Waals surface area contributed by atoms with Gasteiger partial charge in [0.15, 0.2) is 0 Å². The molecule has 156 valence electrons. The summed E-state index contributed by atoms with van der Waals surface area (Å²) in [4.78, 5) is 4.68. The number of hydrogen-bond donors (Lipinski definition) is 0. The Kier molecular flexibility index (Phi) is 6.52. The number of halogens is 1. The molecule has 6 heteroatoms. The molecule has 4 nitrogen and oxygen atoms in total. The third kappa shape index (κ3) is 5.09. The number of sulfonamides is 1. The van der Waals surface area contributed by atoms with Gasteiger partial charge in [0.05, 0.1) is 5.75 Å². The molecular weight excluding hydrogens is 416 g/mol. The molecule has 0 N–H and O–H groups in total. The number of pyridine rings is 1. The normalized spacial score (nSPS) is 15.9. The van der Waals surface area contributed by atoms with Crippen LogP contribution in [0.1, 0.15) is 41.1 Å². The van der Waals surface area contributed by atoms with Crippen molar-refractivity contribution in [1.82, 2.24) is 9.29 Å². The van der Waals surface area contributed by atoms with E-state index >= 15 is 0 Å². The highest BCUT2D eigenvalue weighted by Crippen LogP contribution is 2.29. The number of aromatic nitrogens is 1. The van der Waals surface area contributed by atoms with E-state index in [0.717, 1.165) is 25.0 Å². The first-order valence-electron chi connectivity index (χ1n) is 10.2. The summed E-state index contributed by atoms with van der Waals surface area (Å²) >= 11 is 6.14. The molecule has 1 fully saturated rings. The molecule has 0 bridgehead atoms. The van der Waals surface area contributed by atoms with Crippen LogP contribution in [-0.4, -0.2) is 30.8 Å². The minimum absolute atomic E-state index is 0.0518. The van der Waals surface area contributed by atoms with E-state index in [4.69, 9.17) is 11.6 Å². The smallest absolute Gasteiger partial charge is 0.218 e. The minimum Gasteiger partial charge on any atom is -0.261 e. The van der Waals surface area contributed by atoms with Gasteiger partial charge in [-0.2, -0.15) is 0 Å². The van der Waals surface area contributed by atoms with E-state index in [-0.39, 0.29) is 5.75 Å². The standard InChI is InChI=1S/C24H25ClN2O2S/c25-23-9-5-4-8-22(23)18-30(28,29)27-14-12-21(13-15-27)24-11-10-20(17-26-24)16-19-6-2-1-3-7-19/h1-11,17,21H,12-16,18H2. The van der Waals surface area contributed by atoms with E-state index in [1.165, 1.54) is 11.1 Å². The highest BCUT2D eigenvalue weighted by Gasteiger charge is 2.29. The Morgan fingerprint density at radius 3 is 2.27 bits per heavy atom. The average Bonchev–Trinajstić information content (AvgIpc) is 2.77. The molecular formula is C24H25ClN2O2S. The van der Waals surface area contributed by atoms with Crippen molar-refractivity contribution in [3.63, 3.8) is 0 Å². The van der Waals surface area contributed by atoms with Gasteiger partial charge in [-0.05, 0) is 48.1 Å². The van der Waals surface area contributed by atoms with E-state index in [9.17, 15) is 8.42 Å². The highest BCUT2D eigenvalue weighted by atomic mass is 35.5. The van der Waals surface area contributed by atoms with Crippen LogP contribution in [0, 0.1) is 0 Å². The van der Waals surface area contributed by atoms with E-state index < -0.39 is 10.0 Å². The van der Waals surface area contributed by atoms with Gasteiger partial charge in [0, 0.05) is 35.9 Å². The minimum atomic E-state index is -3.38. The summed E-state index contributed by atoms with van der Waals surface area (Å²) < 4.78 is 27.2. The fourth-order valence-corrected chi connectivity index (χ4v) is 5.82. The van der Waals surface area contributed by atoms with Gasteiger partial charge >= 0.3 is 0 Å². The highest BCUT2D eigenvalue weighted by molar-refractivity contribution is 7.88. The van der Waals surface area contributed by atoms with Gasteiger partial charge in [0.25, 0.3) is 0 Å². The van der Waals surface area contributed by atoms with Crippen LogP contribution in [0.3, 0.4) is 0 Å². The largest absolute Gasteiger partial charge is 0.261 e. The second-order valence-electron chi connectivity index (χ2n) is 7.77. The molecule has 30 heavy (non-hydrogen) atoms. The van der Waals surface area contributed by atoms with Crippen molar-refractivity contribution >= 4 is 21.6 Å². The third-order valence-electron chi connectivity index (χ3n) is 5.66. The van der Waals surface area contributed by atoms with Crippen LogP contribution in [0.25, 0.3) is 0 Å². The first kappa shape index (κ1) is 21.0. The maximum absolute atomic E-state index is 12.8. The van der Waals surface area contributed by atoms with Gasteiger partial charge in [-0.3, -0.25) is 4.98 Å². The molecule has 0 radical (unpaired) electrons. The molecule has 0 atom stereocenters. The van der Waals surface area contributed by atoms with Crippen molar-refractivity contribution in [2.45, 2.75) is 30.9 Å². The van der Waals surface area contributed by atoms with Crippen molar-refractivity contribution < 1.29 is 8.42 Å². The van der Waals surface area contributed by atoms with Crippen molar-refractivity contribution in [2.24, 2.45) is 0 Å². The van der Waals surface area contributed by atoms with Gasteiger partial charge in [-0.15, -0.1) is 0 Å². The molecule has 0 spiro atoms. The number of rotatable bonds is 6. The van der Waals surface area contributed by atoms with E-state index in [0.29, 0.717) is 29.6 Å². The third-order valence-corrected chi connectivity index (χ3v) is 7.86. The summed E-state index contributed by atoms with van der Waals surface area (Å²) in [7, 11) is -3.38. The first-order valence-corrected chi connectivity index (χ1v) is 12.2. The van der Waals surface area contributed by atoms with Gasteiger partial charge in [0.2, 0.25) is 10.0 Å². The molecule has 0 saturated carbocycles. The summed E-state index contributed by atoms with van der Waals surface area (Å²) in [6.07, 6.45) is 4.38. The topological polar surface area (TPSA) is 50.3 Å². The first-order chi connectivity index (χ1) is 14.5. The summed E-state index contributed by atoms with van der Waals surface area (Å²) in [5.74, 6) is 0.242. The monoisotopic (exact) mass is 440 g/mol. The summed E-state index contributed by atoms with van der Waals surface area (Å²) in [5.41, 5.74) is 4.15. The lowest BCUT2D eigenvalue weighted by atomic mass is 9.93. The fraction of sp³-hybridized carbons (Fsp3) is 0.292. The Hall–Kier alpha value is -2.21. The molecule has 4 rings (SSSR count). The van der Waals surface area contributed by atoms with Crippen LogP contribution in [0.2, 0.25) is 5.02 Å². The van der Waals surface area contributed by atoms with E-state index in [2.05, 4.69) is 29.2 Å². The van der Waals surface area contributed by atoms with Crippen LogP contribution < -0.4 is 0 Å². The van der Waals surface area contributed by atoms with Crippen LogP contribution in [0.15, 0.2) is 72.9 Å². The van der Waals surface area contributed by atoms with Gasteiger partial charge < -0.3 is 0 Å². The quantitative estimate of drug-likeness (QED) is 0.539. The number of nitrogens with zero attached hydrogens (tertiary/aromatic N) is 2. The maximum Gasteiger partial charge on any atom is 0.218 e. The fourth-order valence-electron chi connectivity index (χ4n) is 3.95. The lowest BCUT2D eigenvalue weighted by Gasteiger charge is -2.31. The summed E-state index contributed by atoms with van der Waals surface area (Å²) in [6, 6.07) is 21.7. The van der Waals surface area contributed by atoms with Gasteiger partial charge in [-0.25, -0.2) is 12.7 Å². The molecule has 1 saturated heterocycles. The number of benzene rings is 2. The summed E-state index contributed by atoms with van der Waals surface area (Å²) in [6.45, 7) is 1.04. The molecule has 3 aromatic rings. The predicted octanol–water partition coefficient (Wildman–Crippen LogP) is 5.04. The van der Waals surface area contributed by atoms with Gasteiger partial charge in [-0.1, -0.05) is 66.2 Å². The average molecular weight is 441 g/mol. The zero-order chi connectivity index (χ0) is 21.0. The Labute approximate surface area is 183 Å². The molecule has 1 aromatic heterocycles. The van der Waals surface area contributed by atoms with Crippen LogP contribution in [0.5, 0.6) is 0 Å². The molecule has 0 amide bonds. The van der Waals surface area contributed by atoms with E-state index in [1.54, 1.807) is 16.4 Å². The second kappa shape index (κ2) is 9.29. The molecule has 0 aliphatic carbocycles. The number of hydrogen-bond acceptors (Lipinski definition) is 3. The Morgan fingerprint density at radius 2 is 1.60 bits per heavy atom. The molecule has 1 aliphatic heterocycles. The SMILES string of the molecule is O=S(=O)(Cc1ccccc1Cl)N1CCC(c2ccc(Cc3ccccc3)cn2)CC1. The molecule has 2 heterocycles. The van der Waals surface area contributed by atoms with Crippen molar-refractivity contribution in [3.8, 4) is 0 Å². The Balaban J connectivity index is 1.35. The molecule has 0 unspecified atom stereocenters. The second-order valence-corrected chi connectivity index (χ2v) is 10.2. The van der Waals surface area contributed by atoms with Gasteiger partial charge in [0.1, 0.15) is 0 Å². The lowest BCUT2D eigenvalue weighted by molar-refractivity contribution is 0.316. The zero-order valence-corrected chi connectivity index (χ0v) is 18.3. The van der Waals surface area contributed by atoms with Crippen molar-refractivity contribution in [3.05, 3.63) is 100 Å².